The van der Waals surface area contributed by atoms with E-state index in [1.165, 1.54) is 0 Å². The van der Waals surface area contributed by atoms with Crippen LogP contribution in [0.2, 0.25) is 0 Å². The lowest BCUT2D eigenvalue weighted by molar-refractivity contribution is 0.281. The topological polar surface area (TPSA) is 66.1 Å². The van der Waals surface area contributed by atoms with Crippen LogP contribution in [0.25, 0.3) is 0 Å². The fourth-order valence-corrected chi connectivity index (χ4v) is 1.52. The maximum Gasteiger partial charge on any atom is 0.237 e. The summed E-state index contributed by atoms with van der Waals surface area (Å²) in [6.07, 6.45) is 1.60. The number of hydrogen-bond donors (Lipinski definition) is 1. The van der Waals surface area contributed by atoms with Crippen molar-refractivity contribution in [2.24, 2.45) is 0 Å². The van der Waals surface area contributed by atoms with Gasteiger partial charge in [0, 0.05) is 6.20 Å². The zero-order chi connectivity index (χ0) is 13.0. The number of pyridine rings is 1. The highest BCUT2D eigenvalue weighted by atomic mass is 16.5. The molecule has 1 aromatic heterocycles. The van der Waals surface area contributed by atoms with E-state index in [2.05, 4.69) is 11.1 Å². The summed E-state index contributed by atoms with van der Waals surface area (Å²) in [4.78, 5) is 4.05. The first-order valence-corrected chi connectivity index (χ1v) is 5.48. The molecule has 0 radical (unpaired) electrons. The van der Waals surface area contributed by atoms with Gasteiger partial charge >= 0.3 is 0 Å². The Kier molecular flexibility index (Phi) is 3.56. The lowest BCUT2D eigenvalue weighted by Crippen LogP contribution is -1.94. The zero-order valence-corrected chi connectivity index (χ0v) is 9.92. The quantitative estimate of drug-likeness (QED) is 0.895. The molecule has 0 bridgehead atoms. The van der Waals surface area contributed by atoms with Crippen molar-refractivity contribution in [2.75, 3.05) is 0 Å². The number of aliphatic hydroxyl groups excluding tert-OH is 1. The number of nitrogens with zero attached hydrogens (tertiary/aromatic N) is 2. The lowest BCUT2D eigenvalue weighted by Gasteiger charge is -2.07. The van der Waals surface area contributed by atoms with Gasteiger partial charge in [-0.2, -0.15) is 5.26 Å². The van der Waals surface area contributed by atoms with E-state index in [0.29, 0.717) is 17.2 Å². The minimum Gasteiger partial charge on any atom is -0.438 e. The molecule has 0 saturated heterocycles. The highest BCUT2D eigenvalue weighted by Gasteiger charge is 2.08. The molecule has 1 aromatic carbocycles. The van der Waals surface area contributed by atoms with Crippen LogP contribution in [0.5, 0.6) is 11.6 Å². The molecule has 0 aliphatic rings. The van der Waals surface area contributed by atoms with Crippen molar-refractivity contribution in [3.63, 3.8) is 0 Å². The number of nitriles is 1. The van der Waals surface area contributed by atoms with Crippen LogP contribution >= 0.6 is 0 Å². The van der Waals surface area contributed by atoms with E-state index < -0.39 is 0 Å². The molecule has 18 heavy (non-hydrogen) atoms. The Bertz CT molecular complexity index is 586. The standard InChI is InChI=1S/C14H12N2O2/c1-10-6-7-16-14(13(10)8-15)18-12-4-2-11(9-17)3-5-12/h2-7,17H,9H2,1H3. The number of aryl methyl sites for hydroxylation is 1. The third-order valence-electron chi connectivity index (χ3n) is 2.56. The van der Waals surface area contributed by atoms with E-state index in [9.17, 15) is 0 Å². The van der Waals surface area contributed by atoms with Crippen molar-refractivity contribution >= 4 is 0 Å². The molecular formula is C14H12N2O2. The molecule has 0 atom stereocenters. The molecule has 0 fully saturated rings. The van der Waals surface area contributed by atoms with Gasteiger partial charge < -0.3 is 9.84 Å². The van der Waals surface area contributed by atoms with Crippen LogP contribution in [0.1, 0.15) is 16.7 Å². The lowest BCUT2D eigenvalue weighted by atomic mass is 10.2. The SMILES string of the molecule is Cc1ccnc(Oc2ccc(CO)cc2)c1C#N. The summed E-state index contributed by atoms with van der Waals surface area (Å²) >= 11 is 0. The molecule has 90 valence electrons. The van der Waals surface area contributed by atoms with Gasteiger partial charge in [-0.3, -0.25) is 0 Å². The highest BCUT2D eigenvalue weighted by Crippen LogP contribution is 2.24. The number of hydrogen-bond acceptors (Lipinski definition) is 4. The minimum absolute atomic E-state index is 0.00752. The summed E-state index contributed by atoms with van der Waals surface area (Å²) in [6.45, 7) is 1.83. The molecule has 4 heteroatoms. The van der Waals surface area contributed by atoms with Gasteiger partial charge in [0.15, 0.2) is 0 Å². The molecule has 0 unspecified atom stereocenters. The van der Waals surface area contributed by atoms with Gasteiger partial charge in [-0.1, -0.05) is 12.1 Å². The average molecular weight is 240 g/mol. The number of benzene rings is 1. The predicted molar refractivity (Wildman–Crippen MR) is 66.1 cm³/mol. The van der Waals surface area contributed by atoms with Crippen molar-refractivity contribution in [3.8, 4) is 17.7 Å². The maximum absolute atomic E-state index is 9.06. The number of aromatic nitrogens is 1. The predicted octanol–water partition coefficient (Wildman–Crippen LogP) is 2.55. The van der Waals surface area contributed by atoms with Crippen molar-refractivity contribution < 1.29 is 9.84 Å². The van der Waals surface area contributed by atoms with Crippen LogP contribution in [0.3, 0.4) is 0 Å². The molecule has 0 spiro atoms. The van der Waals surface area contributed by atoms with Crippen LogP contribution < -0.4 is 4.74 Å². The Balaban J connectivity index is 2.28. The van der Waals surface area contributed by atoms with E-state index in [1.54, 1.807) is 36.5 Å². The fraction of sp³-hybridized carbons (Fsp3) is 0.143. The van der Waals surface area contributed by atoms with Crippen molar-refractivity contribution in [2.45, 2.75) is 13.5 Å². The molecule has 0 amide bonds. The van der Waals surface area contributed by atoms with Crippen LogP contribution in [0.4, 0.5) is 0 Å². The van der Waals surface area contributed by atoms with Gasteiger partial charge in [-0.05, 0) is 36.2 Å². The van der Waals surface area contributed by atoms with Crippen LogP contribution in [0, 0.1) is 18.3 Å². The Hall–Kier alpha value is -2.38. The Morgan fingerprint density at radius 1 is 1.28 bits per heavy atom. The maximum atomic E-state index is 9.06. The van der Waals surface area contributed by atoms with Gasteiger partial charge in [-0.25, -0.2) is 4.98 Å². The molecular weight excluding hydrogens is 228 g/mol. The smallest absolute Gasteiger partial charge is 0.237 e. The Morgan fingerprint density at radius 3 is 2.61 bits per heavy atom. The van der Waals surface area contributed by atoms with Gasteiger partial charge in [0.2, 0.25) is 5.88 Å². The van der Waals surface area contributed by atoms with E-state index in [0.717, 1.165) is 11.1 Å². The largest absolute Gasteiger partial charge is 0.438 e. The number of ether oxygens (including phenoxy) is 1. The van der Waals surface area contributed by atoms with Gasteiger partial charge in [0.25, 0.3) is 0 Å². The average Bonchev–Trinajstić information content (AvgIpc) is 2.40. The Morgan fingerprint density at radius 2 is 2.00 bits per heavy atom. The second-order valence-electron chi connectivity index (χ2n) is 3.82. The van der Waals surface area contributed by atoms with E-state index in [4.69, 9.17) is 15.1 Å². The van der Waals surface area contributed by atoms with E-state index >= 15 is 0 Å². The monoisotopic (exact) mass is 240 g/mol. The van der Waals surface area contributed by atoms with Crippen molar-refractivity contribution in [1.29, 1.82) is 5.26 Å². The van der Waals surface area contributed by atoms with Crippen molar-refractivity contribution in [3.05, 3.63) is 53.2 Å². The number of aliphatic hydroxyl groups is 1. The second kappa shape index (κ2) is 5.30. The first-order chi connectivity index (χ1) is 8.74. The zero-order valence-electron chi connectivity index (χ0n) is 9.92. The van der Waals surface area contributed by atoms with Gasteiger partial charge in [-0.15, -0.1) is 0 Å². The first kappa shape index (κ1) is 12.1. The number of rotatable bonds is 3. The second-order valence-corrected chi connectivity index (χ2v) is 3.82. The van der Waals surface area contributed by atoms with Crippen LogP contribution in [-0.4, -0.2) is 10.1 Å². The minimum atomic E-state index is -0.00752. The summed E-state index contributed by atoms with van der Waals surface area (Å²) < 4.78 is 5.57. The fourth-order valence-electron chi connectivity index (χ4n) is 1.52. The molecule has 1 N–H and O–H groups in total. The molecule has 0 saturated carbocycles. The normalized spacial score (nSPS) is 9.83. The molecule has 1 heterocycles. The molecule has 0 aliphatic heterocycles. The Labute approximate surface area is 105 Å². The summed E-state index contributed by atoms with van der Waals surface area (Å²) in [5.74, 6) is 0.885. The third kappa shape index (κ3) is 2.47. The summed E-state index contributed by atoms with van der Waals surface area (Å²) in [6, 6.07) is 10.8. The van der Waals surface area contributed by atoms with E-state index in [-0.39, 0.29) is 6.61 Å². The summed E-state index contributed by atoms with van der Waals surface area (Å²) in [7, 11) is 0. The van der Waals surface area contributed by atoms with Gasteiger partial charge in [0.1, 0.15) is 17.4 Å². The highest BCUT2D eigenvalue weighted by molar-refractivity contribution is 5.45. The van der Waals surface area contributed by atoms with Gasteiger partial charge in [0.05, 0.1) is 6.61 Å². The molecule has 2 rings (SSSR count). The summed E-state index contributed by atoms with van der Waals surface area (Å²) in [5.41, 5.74) is 2.07. The molecule has 2 aromatic rings. The van der Waals surface area contributed by atoms with Crippen molar-refractivity contribution in [1.82, 2.24) is 4.98 Å². The molecule has 4 nitrogen and oxygen atoms in total. The van der Waals surface area contributed by atoms with Crippen LogP contribution in [0.15, 0.2) is 36.5 Å². The molecule has 0 aliphatic carbocycles. The van der Waals surface area contributed by atoms with Crippen LogP contribution in [-0.2, 0) is 6.61 Å². The summed E-state index contributed by atoms with van der Waals surface area (Å²) in [5, 5.41) is 18.0. The first-order valence-electron chi connectivity index (χ1n) is 5.48. The third-order valence-corrected chi connectivity index (χ3v) is 2.56. The van der Waals surface area contributed by atoms with E-state index in [1.807, 2.05) is 6.92 Å².